The van der Waals surface area contributed by atoms with E-state index in [4.69, 9.17) is 9.15 Å². The van der Waals surface area contributed by atoms with Crippen LogP contribution in [0.1, 0.15) is 41.6 Å². The maximum atomic E-state index is 13.2. The molecule has 0 atom stereocenters. The van der Waals surface area contributed by atoms with Crippen molar-refractivity contribution in [1.29, 1.82) is 0 Å². The topological polar surface area (TPSA) is 56.5 Å². The van der Waals surface area contributed by atoms with Crippen molar-refractivity contribution in [2.75, 3.05) is 0 Å². The Labute approximate surface area is 178 Å². The number of thiophene rings is 1. The normalized spacial score (nSPS) is 11.6. The zero-order valence-electron chi connectivity index (χ0n) is 17.3. The van der Waals surface area contributed by atoms with Crippen LogP contribution >= 0.6 is 11.3 Å². The molecule has 0 saturated heterocycles. The van der Waals surface area contributed by atoms with E-state index in [1.54, 1.807) is 23.6 Å². The largest absolute Gasteiger partial charge is 0.452 e. The highest BCUT2D eigenvalue weighted by atomic mass is 32.1. The Hall–Kier alpha value is -3.18. The van der Waals surface area contributed by atoms with Gasteiger partial charge < -0.3 is 9.15 Å². The minimum Gasteiger partial charge on any atom is -0.452 e. The van der Waals surface area contributed by atoms with E-state index >= 15 is 0 Å². The van der Waals surface area contributed by atoms with Crippen LogP contribution in [-0.4, -0.2) is 5.97 Å². The van der Waals surface area contributed by atoms with E-state index < -0.39 is 5.97 Å². The third-order valence-corrected chi connectivity index (χ3v) is 5.79. The summed E-state index contributed by atoms with van der Waals surface area (Å²) >= 11 is 1.26. The second kappa shape index (κ2) is 7.58. The molecule has 4 aromatic rings. The summed E-state index contributed by atoms with van der Waals surface area (Å²) in [6, 6.07) is 16.6. The summed E-state index contributed by atoms with van der Waals surface area (Å²) in [5, 5.41) is 2.17. The van der Waals surface area contributed by atoms with E-state index in [9.17, 15) is 9.59 Å². The van der Waals surface area contributed by atoms with Gasteiger partial charge in [-0.1, -0.05) is 57.2 Å². The molecular weight excluding hydrogens is 396 g/mol. The van der Waals surface area contributed by atoms with Gasteiger partial charge in [0.05, 0.1) is 5.39 Å². The molecule has 0 spiro atoms. The molecule has 0 bridgehead atoms. The molecule has 0 amide bonds. The third kappa shape index (κ3) is 3.81. The Bertz CT molecular complexity index is 1270. The summed E-state index contributed by atoms with van der Waals surface area (Å²) in [6.07, 6.45) is 0. The Kier molecular flexibility index (Phi) is 5.08. The Morgan fingerprint density at radius 1 is 1.03 bits per heavy atom. The molecule has 0 aliphatic carbocycles. The van der Waals surface area contributed by atoms with Gasteiger partial charge in [-0.2, -0.15) is 0 Å². The molecule has 0 fully saturated rings. The number of carbonyl (C=O) groups excluding carboxylic acids is 1. The first-order valence-corrected chi connectivity index (χ1v) is 10.6. The summed E-state index contributed by atoms with van der Waals surface area (Å²) in [7, 11) is 0. The average molecular weight is 419 g/mol. The van der Waals surface area contributed by atoms with Gasteiger partial charge in [-0.05, 0) is 47.0 Å². The fourth-order valence-corrected chi connectivity index (χ4v) is 3.82. The number of benzene rings is 2. The van der Waals surface area contributed by atoms with Crippen LogP contribution in [0.2, 0.25) is 0 Å². The van der Waals surface area contributed by atoms with E-state index in [0.29, 0.717) is 21.4 Å². The number of hydrogen-bond acceptors (Lipinski definition) is 5. The highest BCUT2D eigenvalue weighted by Crippen LogP contribution is 2.33. The van der Waals surface area contributed by atoms with E-state index in [1.807, 2.05) is 43.3 Å². The van der Waals surface area contributed by atoms with Gasteiger partial charge in [0.15, 0.2) is 5.76 Å². The van der Waals surface area contributed by atoms with Crippen LogP contribution in [0.25, 0.3) is 22.3 Å². The lowest BCUT2D eigenvalue weighted by atomic mass is 9.86. The van der Waals surface area contributed by atoms with Crippen LogP contribution in [0.3, 0.4) is 0 Å². The highest BCUT2D eigenvalue weighted by molar-refractivity contribution is 7.12. The van der Waals surface area contributed by atoms with E-state index in [2.05, 4.69) is 20.8 Å². The summed E-state index contributed by atoms with van der Waals surface area (Å²) in [4.78, 5) is 26.2. The zero-order chi connectivity index (χ0) is 21.5. The first kappa shape index (κ1) is 20.1. The number of esters is 1. The minimum absolute atomic E-state index is 0.00562. The number of ether oxygens (including phenoxy) is 1. The number of aryl methyl sites for hydroxylation is 1. The van der Waals surface area contributed by atoms with Crippen molar-refractivity contribution in [2.45, 2.75) is 33.1 Å². The van der Waals surface area contributed by atoms with Crippen LogP contribution in [0.5, 0.6) is 5.75 Å². The van der Waals surface area contributed by atoms with E-state index in [-0.39, 0.29) is 22.4 Å². The molecule has 0 N–H and O–H groups in total. The van der Waals surface area contributed by atoms with Gasteiger partial charge >= 0.3 is 5.97 Å². The van der Waals surface area contributed by atoms with Crippen molar-refractivity contribution in [3.05, 3.63) is 86.2 Å². The Morgan fingerprint density at radius 2 is 1.77 bits per heavy atom. The van der Waals surface area contributed by atoms with Gasteiger partial charge in [0.1, 0.15) is 10.5 Å². The van der Waals surface area contributed by atoms with Gasteiger partial charge in [0.25, 0.3) is 0 Å². The molecule has 152 valence electrons. The molecule has 2 aromatic carbocycles. The lowest BCUT2D eigenvalue weighted by Crippen LogP contribution is -2.15. The molecule has 0 saturated carbocycles. The van der Waals surface area contributed by atoms with Crippen LogP contribution in [-0.2, 0) is 5.41 Å². The fraction of sp³-hybridized carbons (Fsp3) is 0.200. The van der Waals surface area contributed by atoms with Crippen LogP contribution in [0, 0.1) is 6.92 Å². The first-order chi connectivity index (χ1) is 14.2. The smallest absolute Gasteiger partial charge is 0.353 e. The molecule has 2 heterocycles. The second-order valence-corrected chi connectivity index (χ2v) is 9.23. The van der Waals surface area contributed by atoms with Crippen LogP contribution < -0.4 is 10.2 Å². The highest BCUT2D eigenvalue weighted by Gasteiger charge is 2.22. The van der Waals surface area contributed by atoms with Crippen molar-refractivity contribution in [3.63, 3.8) is 0 Å². The standard InChI is InChI=1S/C25H22O4S/c1-15-7-12-18-19(14-15)28-22(16-8-10-17(11-9-16)25(2,3)4)23(21(18)26)29-24(27)20-6-5-13-30-20/h5-14H,1-4H3. The van der Waals surface area contributed by atoms with Crippen molar-refractivity contribution in [3.8, 4) is 17.1 Å². The number of hydrogen-bond donors (Lipinski definition) is 0. The SMILES string of the molecule is Cc1ccc2c(=O)c(OC(=O)c3cccs3)c(-c3ccc(C(C)(C)C)cc3)oc2c1. The van der Waals surface area contributed by atoms with Gasteiger partial charge in [0.2, 0.25) is 11.2 Å². The number of carbonyl (C=O) groups is 1. The predicted octanol–water partition coefficient (Wildman–Crippen LogP) is 6.35. The lowest BCUT2D eigenvalue weighted by Gasteiger charge is -2.19. The quantitative estimate of drug-likeness (QED) is 0.364. The maximum absolute atomic E-state index is 13.2. The maximum Gasteiger partial charge on any atom is 0.353 e. The monoisotopic (exact) mass is 418 g/mol. The van der Waals surface area contributed by atoms with Crippen LogP contribution in [0.4, 0.5) is 0 Å². The molecule has 4 rings (SSSR count). The van der Waals surface area contributed by atoms with Crippen molar-refractivity contribution in [1.82, 2.24) is 0 Å². The molecule has 2 aromatic heterocycles. The van der Waals surface area contributed by atoms with Gasteiger partial charge in [-0.3, -0.25) is 4.79 Å². The Balaban J connectivity index is 1.89. The van der Waals surface area contributed by atoms with Crippen LogP contribution in [0.15, 0.2) is 69.2 Å². The zero-order valence-corrected chi connectivity index (χ0v) is 18.1. The molecule has 4 nitrogen and oxygen atoms in total. The average Bonchev–Trinajstić information content (AvgIpc) is 3.24. The third-order valence-electron chi connectivity index (χ3n) is 4.94. The molecule has 0 radical (unpaired) electrons. The summed E-state index contributed by atoms with van der Waals surface area (Å²) in [5.41, 5.74) is 2.90. The first-order valence-electron chi connectivity index (χ1n) is 9.68. The molecule has 0 aliphatic rings. The van der Waals surface area contributed by atoms with Crippen molar-refractivity contribution in [2.24, 2.45) is 0 Å². The van der Waals surface area contributed by atoms with Gasteiger partial charge in [-0.15, -0.1) is 11.3 Å². The molecular formula is C25H22O4S. The second-order valence-electron chi connectivity index (χ2n) is 8.28. The lowest BCUT2D eigenvalue weighted by molar-refractivity contribution is 0.0736. The Morgan fingerprint density at radius 3 is 2.40 bits per heavy atom. The number of rotatable bonds is 3. The van der Waals surface area contributed by atoms with Crippen molar-refractivity contribution < 1.29 is 13.9 Å². The van der Waals surface area contributed by atoms with Crippen molar-refractivity contribution >= 4 is 28.3 Å². The molecule has 5 heteroatoms. The van der Waals surface area contributed by atoms with E-state index in [0.717, 1.165) is 11.1 Å². The molecule has 0 aliphatic heterocycles. The summed E-state index contributed by atoms with van der Waals surface area (Å²) < 4.78 is 11.7. The van der Waals surface area contributed by atoms with Gasteiger partial charge in [0, 0.05) is 5.56 Å². The van der Waals surface area contributed by atoms with E-state index in [1.165, 1.54) is 11.3 Å². The summed E-state index contributed by atoms with van der Waals surface area (Å²) in [6.45, 7) is 8.33. The fourth-order valence-electron chi connectivity index (χ4n) is 3.23. The minimum atomic E-state index is -0.573. The molecule has 0 unspecified atom stereocenters. The number of fused-ring (bicyclic) bond motifs is 1. The van der Waals surface area contributed by atoms with Gasteiger partial charge in [-0.25, -0.2) is 4.79 Å². The molecule has 30 heavy (non-hydrogen) atoms. The predicted molar refractivity (Wildman–Crippen MR) is 121 cm³/mol. The summed E-state index contributed by atoms with van der Waals surface area (Å²) in [5.74, 6) is -0.409.